The summed E-state index contributed by atoms with van der Waals surface area (Å²) in [5, 5.41) is 0. The third kappa shape index (κ3) is 10.4. The zero-order valence-electron chi connectivity index (χ0n) is 19.6. The van der Waals surface area contributed by atoms with Crippen molar-refractivity contribution >= 4 is 43.5 Å². The Morgan fingerprint density at radius 3 is 1.21 bits per heavy atom. The lowest BCUT2D eigenvalue weighted by Crippen LogP contribution is -2.02. The van der Waals surface area contributed by atoms with Crippen molar-refractivity contribution in [3.8, 4) is 23.0 Å². The molecule has 0 amide bonds. The molecule has 0 heterocycles. The van der Waals surface area contributed by atoms with Crippen LogP contribution in [-0.4, -0.2) is 25.6 Å². The molecule has 0 aliphatic heterocycles. The van der Waals surface area contributed by atoms with Crippen LogP contribution in [-0.2, 0) is 20.7 Å². The maximum Gasteiger partial charge on any atom is 0.425 e. The Morgan fingerprint density at radius 1 is 0.553 bits per heavy atom. The highest BCUT2D eigenvalue weighted by Crippen LogP contribution is 2.30. The lowest BCUT2D eigenvalue weighted by molar-refractivity contribution is 0.450. The van der Waals surface area contributed by atoms with Crippen LogP contribution in [0.2, 0.25) is 0 Å². The van der Waals surface area contributed by atoms with E-state index >= 15 is 0 Å². The van der Waals surface area contributed by atoms with Crippen LogP contribution in [0.25, 0.3) is 0 Å². The highest BCUT2D eigenvalue weighted by atomic mass is 32.2. The number of hydrogen-bond donors (Lipinski definition) is 5. The van der Waals surface area contributed by atoms with Gasteiger partial charge in [-0.3, -0.25) is 4.55 Å². The Bertz CT molecular complexity index is 1510. The van der Waals surface area contributed by atoms with Gasteiger partial charge in [-0.05, 0) is 91.0 Å². The molecule has 0 bridgehead atoms. The number of rotatable bonds is 5. The van der Waals surface area contributed by atoms with E-state index in [9.17, 15) is 8.42 Å². The number of anilines is 4. The van der Waals surface area contributed by atoms with E-state index in [0.29, 0.717) is 11.4 Å². The number of nitrogens with two attached hydrogens (primary N) is 4. The van der Waals surface area contributed by atoms with Gasteiger partial charge in [0, 0.05) is 22.7 Å². The second kappa shape index (κ2) is 13.5. The van der Waals surface area contributed by atoms with Crippen molar-refractivity contribution in [1.29, 1.82) is 0 Å². The molecule has 0 aliphatic rings. The van der Waals surface area contributed by atoms with Crippen molar-refractivity contribution in [3.63, 3.8) is 0 Å². The number of hydrogen-bond acceptors (Lipinski definition) is 11. The fourth-order valence-electron chi connectivity index (χ4n) is 2.68. The SMILES string of the molecule is Nc1ccc(Oc2ccc(N)cc2)cc1.Nc1ccc(Oc2ccc(N)cc2S(=O)(=O)O)cc1.O=S(=O)=O. The zero-order chi connectivity index (χ0) is 28.3. The third-order valence-electron chi connectivity index (χ3n) is 4.35. The molecule has 38 heavy (non-hydrogen) atoms. The van der Waals surface area contributed by atoms with Crippen LogP contribution >= 0.6 is 0 Å². The standard InChI is InChI=1S/C12H12N2O4S.C12H12N2O.O3S/c13-8-1-4-10(5-2-8)18-11-6-3-9(14)7-12(11)19(15,16)17;13-9-1-5-11(6-2-9)15-12-7-3-10(14)4-8-12;1-4(2)3/h1-7H,13-14H2,(H,15,16,17);1-8H,13-14H2;. The van der Waals surface area contributed by atoms with Crippen LogP contribution in [0.1, 0.15) is 0 Å². The second-order valence-corrected chi connectivity index (χ2v) is 9.09. The summed E-state index contributed by atoms with van der Waals surface area (Å²) in [4.78, 5) is -0.385. The summed E-state index contributed by atoms with van der Waals surface area (Å²) in [5.41, 5.74) is 24.4. The molecule has 12 nitrogen and oxygen atoms in total. The fraction of sp³-hybridized carbons (Fsp3) is 0. The predicted octanol–water partition coefficient (Wildman–Crippen LogP) is 3.53. The molecule has 0 unspecified atom stereocenters. The minimum atomic E-state index is -4.41. The van der Waals surface area contributed by atoms with E-state index in [1.165, 1.54) is 12.1 Å². The molecule has 4 rings (SSSR count). The highest BCUT2D eigenvalue weighted by molar-refractivity contribution is 7.86. The zero-order valence-corrected chi connectivity index (χ0v) is 21.2. The monoisotopic (exact) mass is 560 g/mol. The predicted molar refractivity (Wildman–Crippen MR) is 143 cm³/mol. The van der Waals surface area contributed by atoms with Gasteiger partial charge in [0.1, 0.15) is 27.9 Å². The summed E-state index contributed by atoms with van der Waals surface area (Å²) in [5.74, 6) is 1.90. The van der Waals surface area contributed by atoms with E-state index in [-0.39, 0.29) is 16.3 Å². The summed E-state index contributed by atoms with van der Waals surface area (Å²) in [6.07, 6.45) is 0. The summed E-state index contributed by atoms with van der Waals surface area (Å²) in [6.45, 7) is 0. The molecule has 200 valence electrons. The summed E-state index contributed by atoms with van der Waals surface area (Å²) in [7, 11) is -7.53. The molecular formula is C24H24N4O8S2. The van der Waals surface area contributed by atoms with E-state index in [2.05, 4.69) is 0 Å². The fourth-order valence-corrected chi connectivity index (χ4v) is 3.33. The molecule has 0 saturated heterocycles. The average Bonchev–Trinajstić information content (AvgIpc) is 2.84. The summed E-state index contributed by atoms with van der Waals surface area (Å²) < 4.78 is 67.9. The minimum absolute atomic E-state index is 0.0125. The number of benzene rings is 4. The Hall–Kier alpha value is -4.79. The molecule has 0 aliphatic carbocycles. The topological polar surface area (TPSA) is 228 Å². The summed E-state index contributed by atoms with van der Waals surface area (Å²) >= 11 is 0. The third-order valence-corrected chi connectivity index (χ3v) is 5.22. The van der Waals surface area contributed by atoms with Crippen molar-refractivity contribution in [2.75, 3.05) is 22.9 Å². The van der Waals surface area contributed by atoms with Crippen LogP contribution in [0.4, 0.5) is 22.7 Å². The van der Waals surface area contributed by atoms with E-state index < -0.39 is 20.7 Å². The van der Waals surface area contributed by atoms with E-state index in [1.807, 2.05) is 24.3 Å². The number of nitrogen functional groups attached to an aromatic ring is 4. The number of ether oxygens (including phenoxy) is 2. The van der Waals surface area contributed by atoms with E-state index in [1.54, 1.807) is 48.5 Å². The molecule has 0 aromatic heterocycles. The largest absolute Gasteiger partial charge is 0.457 e. The Kier molecular flexibility index (Phi) is 10.5. The average molecular weight is 561 g/mol. The van der Waals surface area contributed by atoms with Crippen LogP contribution in [0.5, 0.6) is 23.0 Å². The quantitative estimate of drug-likeness (QED) is 0.174. The molecule has 14 heteroatoms. The van der Waals surface area contributed by atoms with Crippen LogP contribution in [0.15, 0.2) is 95.9 Å². The maximum atomic E-state index is 11.3. The maximum absolute atomic E-state index is 11.3. The van der Waals surface area contributed by atoms with Crippen LogP contribution in [0.3, 0.4) is 0 Å². The molecule has 0 saturated carbocycles. The molecule has 4 aromatic carbocycles. The van der Waals surface area contributed by atoms with Gasteiger partial charge in [0.15, 0.2) is 0 Å². The van der Waals surface area contributed by atoms with Crippen LogP contribution < -0.4 is 32.4 Å². The van der Waals surface area contributed by atoms with Crippen LogP contribution in [0, 0.1) is 0 Å². The highest BCUT2D eigenvalue weighted by Gasteiger charge is 2.17. The normalized spacial score (nSPS) is 10.1. The Morgan fingerprint density at radius 2 is 0.868 bits per heavy atom. The Balaban J connectivity index is 0.000000239. The molecule has 4 aromatic rings. The van der Waals surface area contributed by atoms with Gasteiger partial charge in [0.25, 0.3) is 10.1 Å². The molecule has 0 spiro atoms. The molecule has 0 atom stereocenters. The van der Waals surface area contributed by atoms with Crippen molar-refractivity contribution < 1.29 is 35.1 Å². The second-order valence-electron chi connectivity index (χ2n) is 7.30. The van der Waals surface area contributed by atoms with Gasteiger partial charge in [-0.2, -0.15) is 8.42 Å². The van der Waals surface area contributed by atoms with E-state index in [4.69, 9.17) is 49.6 Å². The van der Waals surface area contributed by atoms with Gasteiger partial charge in [-0.15, -0.1) is 12.6 Å². The smallest absolute Gasteiger partial charge is 0.425 e. The minimum Gasteiger partial charge on any atom is -0.457 e. The van der Waals surface area contributed by atoms with Gasteiger partial charge in [0.05, 0.1) is 0 Å². The van der Waals surface area contributed by atoms with Crippen molar-refractivity contribution in [2.24, 2.45) is 0 Å². The molecular weight excluding hydrogens is 536 g/mol. The molecule has 0 radical (unpaired) electrons. The van der Waals surface area contributed by atoms with E-state index in [0.717, 1.165) is 28.9 Å². The first-order valence-corrected chi connectivity index (χ1v) is 12.8. The first-order chi connectivity index (χ1) is 17.8. The van der Waals surface area contributed by atoms with Crippen molar-refractivity contribution in [2.45, 2.75) is 4.90 Å². The summed E-state index contributed by atoms with van der Waals surface area (Å²) in [6, 6.07) is 24.9. The van der Waals surface area contributed by atoms with Gasteiger partial charge in [-0.25, -0.2) is 0 Å². The first kappa shape index (κ1) is 29.4. The first-order valence-electron chi connectivity index (χ1n) is 10.4. The lowest BCUT2D eigenvalue weighted by atomic mass is 10.3. The molecule has 0 fully saturated rings. The van der Waals surface area contributed by atoms with Crippen molar-refractivity contribution in [3.05, 3.63) is 91.0 Å². The van der Waals surface area contributed by atoms with Crippen molar-refractivity contribution in [1.82, 2.24) is 0 Å². The Labute approximate surface area is 220 Å². The van der Waals surface area contributed by atoms with Gasteiger partial charge in [0.2, 0.25) is 0 Å². The molecule has 9 N–H and O–H groups in total. The van der Waals surface area contributed by atoms with Gasteiger partial charge >= 0.3 is 10.6 Å². The van der Waals surface area contributed by atoms with Gasteiger partial charge in [-0.1, -0.05) is 0 Å². The lowest BCUT2D eigenvalue weighted by Gasteiger charge is -2.10. The van der Waals surface area contributed by atoms with Gasteiger partial charge < -0.3 is 32.4 Å².